The molecule has 0 aliphatic heterocycles. The summed E-state index contributed by atoms with van der Waals surface area (Å²) in [7, 11) is -3.93. The topological polar surface area (TPSA) is 142 Å². The summed E-state index contributed by atoms with van der Waals surface area (Å²) in [5.74, 6) is -1.54. The molecule has 2 atom stereocenters. The van der Waals surface area contributed by atoms with Gasteiger partial charge in [-0.2, -0.15) is 0 Å². The minimum absolute atomic E-state index is 0.00417. The molecule has 3 aromatic rings. The van der Waals surface area contributed by atoms with E-state index in [1.54, 1.807) is 31.2 Å². The van der Waals surface area contributed by atoms with Crippen molar-refractivity contribution in [1.29, 1.82) is 0 Å². The van der Waals surface area contributed by atoms with Crippen LogP contribution in [0.3, 0.4) is 0 Å². The Morgan fingerprint density at radius 3 is 2.66 bits per heavy atom. The number of hydrogen-bond donors (Lipinski definition) is 3. The summed E-state index contributed by atoms with van der Waals surface area (Å²) in [6, 6.07) is 7.42. The number of hydrogen-bond acceptors (Lipinski definition) is 7. The van der Waals surface area contributed by atoms with E-state index in [1.807, 2.05) is 0 Å². The molecule has 0 saturated carbocycles. The number of nitrogens with one attached hydrogen (secondary N) is 2. The third kappa shape index (κ3) is 4.54. The van der Waals surface area contributed by atoms with Crippen molar-refractivity contribution in [3.8, 4) is 0 Å². The largest absolute Gasteiger partial charge is 0.480 e. The number of sulfone groups is 1. The fraction of sp³-hybridized carbons (Fsp3) is 0.222. The lowest BCUT2D eigenvalue weighted by molar-refractivity contribution is -0.136. The van der Waals surface area contributed by atoms with Gasteiger partial charge in [0.25, 0.3) is 5.56 Å². The summed E-state index contributed by atoms with van der Waals surface area (Å²) < 4.78 is 23.6. The van der Waals surface area contributed by atoms with Crippen molar-refractivity contribution in [3.63, 3.8) is 0 Å². The van der Waals surface area contributed by atoms with E-state index in [0.29, 0.717) is 16.1 Å². The maximum absolute atomic E-state index is 12.4. The molecule has 0 saturated heterocycles. The van der Waals surface area contributed by atoms with Gasteiger partial charge in [0.2, 0.25) is 5.95 Å². The zero-order valence-electron chi connectivity index (χ0n) is 15.4. The van der Waals surface area contributed by atoms with Crippen molar-refractivity contribution in [2.24, 2.45) is 0 Å². The second-order valence-corrected chi connectivity index (χ2v) is 9.07. The third-order valence-corrected chi connectivity index (χ3v) is 5.78. The predicted molar refractivity (Wildman–Crippen MR) is 109 cm³/mol. The number of fused-ring (bicyclic) bond motifs is 1. The van der Waals surface area contributed by atoms with Crippen LogP contribution in [0.4, 0.5) is 5.95 Å². The molecule has 1 unspecified atom stereocenters. The van der Waals surface area contributed by atoms with Gasteiger partial charge in [-0.25, -0.2) is 18.4 Å². The van der Waals surface area contributed by atoms with Crippen LogP contribution in [-0.2, 0) is 14.6 Å². The number of nitrogens with zero attached hydrogens (tertiary/aromatic N) is 2. The molecule has 1 aromatic carbocycles. The molecule has 29 heavy (non-hydrogen) atoms. The number of aliphatic carboxylic acids is 1. The lowest BCUT2D eigenvalue weighted by atomic mass is 10.1. The molecule has 0 bridgehead atoms. The summed E-state index contributed by atoms with van der Waals surface area (Å²) in [5, 5.41) is 11.6. The maximum atomic E-state index is 12.4. The van der Waals surface area contributed by atoms with Gasteiger partial charge in [-0.1, -0.05) is 11.6 Å². The van der Waals surface area contributed by atoms with E-state index < -0.39 is 27.1 Å². The van der Waals surface area contributed by atoms with Crippen molar-refractivity contribution in [2.45, 2.75) is 18.2 Å². The second kappa shape index (κ2) is 7.80. The lowest BCUT2D eigenvalue weighted by Gasteiger charge is -2.16. The van der Waals surface area contributed by atoms with Crippen molar-refractivity contribution in [2.75, 3.05) is 11.6 Å². The first-order valence-electron chi connectivity index (χ1n) is 8.40. The molecule has 0 radical (unpaired) electrons. The van der Waals surface area contributed by atoms with Crippen molar-refractivity contribution >= 4 is 44.3 Å². The van der Waals surface area contributed by atoms with Crippen LogP contribution in [0.15, 0.2) is 41.3 Å². The first-order valence-corrected chi connectivity index (χ1v) is 10.7. The number of rotatable bonds is 6. The monoisotopic (exact) mass is 436 g/mol. The van der Waals surface area contributed by atoms with Crippen molar-refractivity contribution in [1.82, 2.24) is 15.0 Å². The van der Waals surface area contributed by atoms with E-state index >= 15 is 0 Å². The molecule has 152 valence electrons. The number of pyridine rings is 1. The number of H-pyrrole nitrogens is 1. The third-order valence-electron chi connectivity index (χ3n) is 4.25. The lowest BCUT2D eigenvalue weighted by Crippen LogP contribution is -2.23. The SMILES string of the molecule is C[C@H](Nc1nccc(C(C(=O)O)S(C)(=O)=O)n1)c1cc2cc(Cl)ccc2[nH]c1=O. The highest BCUT2D eigenvalue weighted by molar-refractivity contribution is 7.91. The fourth-order valence-electron chi connectivity index (χ4n) is 2.90. The van der Waals surface area contributed by atoms with Crippen LogP contribution in [0.5, 0.6) is 0 Å². The van der Waals surface area contributed by atoms with Crippen LogP contribution in [0.2, 0.25) is 5.02 Å². The van der Waals surface area contributed by atoms with Crippen LogP contribution in [0.25, 0.3) is 10.9 Å². The Kier molecular flexibility index (Phi) is 5.58. The smallest absolute Gasteiger partial charge is 0.328 e. The number of carboxylic acids is 1. The average Bonchev–Trinajstić information content (AvgIpc) is 2.60. The average molecular weight is 437 g/mol. The van der Waals surface area contributed by atoms with Gasteiger partial charge in [-0.05, 0) is 37.3 Å². The number of benzene rings is 1. The number of aromatic amines is 1. The highest BCUT2D eigenvalue weighted by Crippen LogP contribution is 2.23. The van der Waals surface area contributed by atoms with E-state index in [9.17, 15) is 23.1 Å². The summed E-state index contributed by atoms with van der Waals surface area (Å²) in [5.41, 5.74) is 0.511. The quantitative estimate of drug-likeness (QED) is 0.534. The van der Waals surface area contributed by atoms with Gasteiger partial charge in [-0.15, -0.1) is 0 Å². The Balaban J connectivity index is 1.95. The van der Waals surface area contributed by atoms with E-state index in [2.05, 4.69) is 20.3 Å². The van der Waals surface area contributed by atoms with Crippen LogP contribution in [-0.4, -0.2) is 40.7 Å². The molecule has 0 aliphatic rings. The molecule has 9 nitrogen and oxygen atoms in total. The molecule has 0 amide bonds. The second-order valence-electron chi connectivity index (χ2n) is 6.50. The Hall–Kier alpha value is -2.98. The highest BCUT2D eigenvalue weighted by Gasteiger charge is 2.32. The molecule has 0 fully saturated rings. The summed E-state index contributed by atoms with van der Waals surface area (Å²) in [4.78, 5) is 34.6. The zero-order valence-corrected chi connectivity index (χ0v) is 17.0. The van der Waals surface area contributed by atoms with Gasteiger partial charge >= 0.3 is 5.97 Å². The van der Waals surface area contributed by atoms with Crippen molar-refractivity contribution in [3.05, 3.63) is 63.2 Å². The van der Waals surface area contributed by atoms with E-state index in [1.165, 1.54) is 12.3 Å². The minimum atomic E-state index is -3.93. The number of carbonyl (C=O) groups is 1. The van der Waals surface area contributed by atoms with Gasteiger partial charge in [-0.3, -0.25) is 9.59 Å². The number of anilines is 1. The normalized spacial score (nSPS) is 13.8. The molecular weight excluding hydrogens is 420 g/mol. The van der Waals surface area contributed by atoms with Gasteiger partial charge in [0.05, 0.1) is 11.7 Å². The number of halogens is 1. The molecule has 11 heteroatoms. The molecule has 2 aromatic heterocycles. The molecule has 0 aliphatic carbocycles. The fourth-order valence-corrected chi connectivity index (χ4v) is 4.02. The molecule has 2 heterocycles. The Morgan fingerprint density at radius 1 is 1.28 bits per heavy atom. The standard InChI is InChI=1S/C18H17ClN4O5S/c1-9(12-8-10-7-11(19)3-4-13(10)22-16(12)24)21-18-20-6-5-14(23-18)15(17(25)26)29(2,27)28/h3-9,15H,1-2H3,(H,22,24)(H,25,26)(H,20,21,23)/t9-,15?/m0/s1. The zero-order chi connectivity index (χ0) is 21.3. The summed E-state index contributed by atoms with van der Waals surface area (Å²) >= 11 is 6.00. The van der Waals surface area contributed by atoms with E-state index in [0.717, 1.165) is 11.6 Å². The van der Waals surface area contributed by atoms with E-state index in [4.69, 9.17) is 11.6 Å². The minimum Gasteiger partial charge on any atom is -0.480 e. The Morgan fingerprint density at radius 2 is 2.00 bits per heavy atom. The van der Waals surface area contributed by atoms with Crippen LogP contribution >= 0.6 is 11.6 Å². The first-order chi connectivity index (χ1) is 13.6. The van der Waals surface area contributed by atoms with Gasteiger partial charge in [0.1, 0.15) is 0 Å². The van der Waals surface area contributed by atoms with Crippen LogP contribution in [0, 0.1) is 0 Å². The first kappa shape index (κ1) is 20.7. The molecular formula is C18H17ClN4O5S. The highest BCUT2D eigenvalue weighted by atomic mass is 35.5. The molecule has 3 rings (SSSR count). The number of aromatic nitrogens is 3. The van der Waals surface area contributed by atoms with Crippen molar-refractivity contribution < 1.29 is 18.3 Å². The van der Waals surface area contributed by atoms with Crippen LogP contribution in [0.1, 0.15) is 29.5 Å². The summed E-state index contributed by atoms with van der Waals surface area (Å²) in [6.07, 6.45) is 2.08. The van der Waals surface area contributed by atoms with Gasteiger partial charge < -0.3 is 15.4 Å². The van der Waals surface area contributed by atoms with Gasteiger partial charge in [0, 0.05) is 33.9 Å². The number of carboxylic acid groups (broad SMARTS) is 1. The Labute approximate surface area is 170 Å². The van der Waals surface area contributed by atoms with Gasteiger partial charge in [0.15, 0.2) is 15.1 Å². The maximum Gasteiger partial charge on any atom is 0.328 e. The summed E-state index contributed by atoms with van der Waals surface area (Å²) in [6.45, 7) is 1.70. The van der Waals surface area contributed by atoms with E-state index in [-0.39, 0.29) is 17.2 Å². The molecule has 3 N–H and O–H groups in total. The molecule has 0 spiro atoms. The van der Waals surface area contributed by atoms with Crippen LogP contribution < -0.4 is 10.9 Å². The Bertz CT molecular complexity index is 1260. The predicted octanol–water partition coefficient (Wildman–Crippen LogP) is 2.31.